The first-order valence-corrected chi connectivity index (χ1v) is 6.50. The van der Waals surface area contributed by atoms with Crippen LogP contribution in [-0.4, -0.2) is 29.9 Å². The number of pyridine rings is 1. The van der Waals surface area contributed by atoms with Gasteiger partial charge in [0.15, 0.2) is 5.11 Å². The second-order valence-electron chi connectivity index (χ2n) is 3.86. The Hall–Kier alpha value is -1.41. The highest BCUT2D eigenvalue weighted by Crippen LogP contribution is 2.27. The van der Waals surface area contributed by atoms with E-state index in [4.69, 9.17) is 17.0 Å². The van der Waals surface area contributed by atoms with Crippen molar-refractivity contribution < 1.29 is 17.9 Å². The fourth-order valence-electron chi connectivity index (χ4n) is 1.33. The number of thiocarbonyl (C=S) groups is 1. The molecule has 0 atom stereocenters. The van der Waals surface area contributed by atoms with Crippen LogP contribution in [0.5, 0.6) is 0 Å². The molecule has 1 aromatic heterocycles. The molecule has 0 aliphatic rings. The van der Waals surface area contributed by atoms with Gasteiger partial charge in [-0.15, -0.1) is 0 Å². The third-order valence-electron chi connectivity index (χ3n) is 2.27. The van der Waals surface area contributed by atoms with Gasteiger partial charge in [-0.05, 0) is 37.7 Å². The highest BCUT2D eigenvalue weighted by molar-refractivity contribution is 7.80. The standard InChI is InChI=1S/C12H16F3N3OS/c1-2-19-7-3-6-16-11(20)18-9-4-5-10(17-8-9)12(13,14)15/h4-5,8H,2-3,6-7H2,1H3,(H2,16,18,20). The second-order valence-corrected chi connectivity index (χ2v) is 4.27. The van der Waals surface area contributed by atoms with Gasteiger partial charge in [0.25, 0.3) is 0 Å². The van der Waals surface area contributed by atoms with E-state index >= 15 is 0 Å². The number of rotatable bonds is 6. The van der Waals surface area contributed by atoms with E-state index in [9.17, 15) is 13.2 Å². The largest absolute Gasteiger partial charge is 0.433 e. The van der Waals surface area contributed by atoms with Gasteiger partial charge in [-0.1, -0.05) is 0 Å². The summed E-state index contributed by atoms with van der Waals surface area (Å²) < 4.78 is 42.1. The van der Waals surface area contributed by atoms with Gasteiger partial charge in [0.2, 0.25) is 0 Å². The van der Waals surface area contributed by atoms with Gasteiger partial charge < -0.3 is 15.4 Å². The zero-order valence-electron chi connectivity index (χ0n) is 11.0. The SMILES string of the molecule is CCOCCCNC(=S)Nc1ccc(C(F)(F)F)nc1. The fourth-order valence-corrected chi connectivity index (χ4v) is 1.55. The van der Waals surface area contributed by atoms with E-state index in [1.165, 1.54) is 6.07 Å². The van der Waals surface area contributed by atoms with Gasteiger partial charge >= 0.3 is 6.18 Å². The third-order valence-corrected chi connectivity index (χ3v) is 2.51. The first kappa shape index (κ1) is 16.6. The Balaban J connectivity index is 2.35. The van der Waals surface area contributed by atoms with Crippen LogP contribution < -0.4 is 10.6 Å². The Morgan fingerprint density at radius 1 is 1.40 bits per heavy atom. The number of anilines is 1. The Bertz CT molecular complexity index is 423. The molecule has 1 aromatic rings. The molecule has 112 valence electrons. The first-order chi connectivity index (χ1) is 9.43. The van der Waals surface area contributed by atoms with Crippen LogP contribution in [0.25, 0.3) is 0 Å². The number of aromatic nitrogens is 1. The van der Waals surface area contributed by atoms with Crippen molar-refractivity contribution in [3.63, 3.8) is 0 Å². The van der Waals surface area contributed by atoms with Crippen LogP contribution in [0.3, 0.4) is 0 Å². The highest BCUT2D eigenvalue weighted by atomic mass is 32.1. The quantitative estimate of drug-likeness (QED) is 0.625. The maximum absolute atomic E-state index is 12.3. The summed E-state index contributed by atoms with van der Waals surface area (Å²) in [6.45, 7) is 3.84. The van der Waals surface area contributed by atoms with Crippen molar-refractivity contribution in [2.24, 2.45) is 0 Å². The minimum atomic E-state index is -4.43. The Morgan fingerprint density at radius 3 is 2.70 bits per heavy atom. The zero-order valence-corrected chi connectivity index (χ0v) is 11.8. The number of nitrogens with zero attached hydrogens (tertiary/aromatic N) is 1. The molecule has 0 unspecified atom stereocenters. The second kappa shape index (κ2) is 8.01. The van der Waals surface area contributed by atoms with E-state index in [0.717, 1.165) is 18.7 Å². The molecule has 0 aliphatic carbocycles. The lowest BCUT2D eigenvalue weighted by Gasteiger charge is -2.11. The fraction of sp³-hybridized carbons (Fsp3) is 0.500. The summed E-state index contributed by atoms with van der Waals surface area (Å²) in [4.78, 5) is 3.33. The number of nitrogens with one attached hydrogen (secondary N) is 2. The van der Waals surface area contributed by atoms with E-state index in [1.54, 1.807) is 0 Å². The lowest BCUT2D eigenvalue weighted by Crippen LogP contribution is -2.29. The lowest BCUT2D eigenvalue weighted by molar-refractivity contribution is -0.141. The molecule has 0 bridgehead atoms. The van der Waals surface area contributed by atoms with E-state index in [0.29, 0.717) is 30.6 Å². The minimum Gasteiger partial charge on any atom is -0.382 e. The normalized spacial score (nSPS) is 11.2. The van der Waals surface area contributed by atoms with Crippen molar-refractivity contribution in [1.82, 2.24) is 10.3 Å². The van der Waals surface area contributed by atoms with Crippen LogP contribution >= 0.6 is 12.2 Å². The third kappa shape index (κ3) is 6.16. The number of hydrogen-bond donors (Lipinski definition) is 2. The van der Waals surface area contributed by atoms with E-state index in [2.05, 4.69) is 15.6 Å². The lowest BCUT2D eigenvalue weighted by atomic mass is 10.3. The van der Waals surface area contributed by atoms with Crippen LogP contribution in [0.2, 0.25) is 0 Å². The molecule has 4 nitrogen and oxygen atoms in total. The molecule has 0 spiro atoms. The summed E-state index contributed by atoms with van der Waals surface area (Å²) >= 11 is 5.01. The monoisotopic (exact) mass is 307 g/mol. The molecule has 8 heteroatoms. The molecule has 20 heavy (non-hydrogen) atoms. The summed E-state index contributed by atoms with van der Waals surface area (Å²) in [5.41, 5.74) is -0.529. The number of alkyl halides is 3. The molecular weight excluding hydrogens is 291 g/mol. The van der Waals surface area contributed by atoms with Gasteiger partial charge in [0.05, 0.1) is 11.9 Å². The van der Waals surface area contributed by atoms with Gasteiger partial charge in [-0.2, -0.15) is 13.2 Å². The summed E-state index contributed by atoms with van der Waals surface area (Å²) in [6.07, 6.45) is -2.55. The molecular formula is C12H16F3N3OS. The summed E-state index contributed by atoms with van der Waals surface area (Å²) in [6, 6.07) is 2.18. The first-order valence-electron chi connectivity index (χ1n) is 6.09. The molecule has 0 aliphatic heterocycles. The van der Waals surface area contributed by atoms with Crippen molar-refractivity contribution in [3.8, 4) is 0 Å². The van der Waals surface area contributed by atoms with Crippen LogP contribution in [0.15, 0.2) is 18.3 Å². The number of ether oxygens (including phenoxy) is 1. The Kier molecular flexibility index (Phi) is 6.66. The van der Waals surface area contributed by atoms with Gasteiger partial charge in [0, 0.05) is 19.8 Å². The molecule has 0 amide bonds. The molecule has 0 aromatic carbocycles. The van der Waals surface area contributed by atoms with Crippen LogP contribution in [0.1, 0.15) is 19.0 Å². The number of hydrogen-bond acceptors (Lipinski definition) is 3. The van der Waals surface area contributed by atoms with Crippen molar-refractivity contribution in [3.05, 3.63) is 24.0 Å². The smallest absolute Gasteiger partial charge is 0.382 e. The average Bonchev–Trinajstić information content (AvgIpc) is 2.38. The number of halogens is 3. The summed E-state index contributed by atoms with van der Waals surface area (Å²) in [5, 5.41) is 6.02. The van der Waals surface area contributed by atoms with Crippen molar-refractivity contribution >= 4 is 23.0 Å². The maximum atomic E-state index is 12.3. The summed E-state index contributed by atoms with van der Waals surface area (Å²) in [5.74, 6) is 0. The van der Waals surface area contributed by atoms with E-state index in [1.807, 2.05) is 6.92 Å². The maximum Gasteiger partial charge on any atom is 0.433 e. The van der Waals surface area contributed by atoms with Crippen molar-refractivity contribution in [2.75, 3.05) is 25.1 Å². The van der Waals surface area contributed by atoms with Crippen LogP contribution in [0, 0.1) is 0 Å². The predicted molar refractivity (Wildman–Crippen MR) is 74.6 cm³/mol. The van der Waals surface area contributed by atoms with E-state index < -0.39 is 11.9 Å². The average molecular weight is 307 g/mol. The minimum absolute atomic E-state index is 0.336. The molecule has 2 N–H and O–H groups in total. The zero-order chi connectivity index (χ0) is 15.0. The molecule has 1 rings (SSSR count). The molecule has 0 saturated carbocycles. The van der Waals surface area contributed by atoms with E-state index in [-0.39, 0.29) is 0 Å². The van der Waals surface area contributed by atoms with Gasteiger partial charge in [-0.25, -0.2) is 4.98 Å². The van der Waals surface area contributed by atoms with Crippen molar-refractivity contribution in [1.29, 1.82) is 0 Å². The van der Waals surface area contributed by atoms with Gasteiger partial charge in [0.1, 0.15) is 5.69 Å². The van der Waals surface area contributed by atoms with Gasteiger partial charge in [-0.3, -0.25) is 0 Å². The van der Waals surface area contributed by atoms with Crippen LogP contribution in [-0.2, 0) is 10.9 Å². The topological polar surface area (TPSA) is 46.2 Å². The highest BCUT2D eigenvalue weighted by Gasteiger charge is 2.31. The van der Waals surface area contributed by atoms with Crippen LogP contribution in [0.4, 0.5) is 18.9 Å². The predicted octanol–water partition coefficient (Wildman–Crippen LogP) is 2.81. The Morgan fingerprint density at radius 2 is 2.15 bits per heavy atom. The molecule has 0 saturated heterocycles. The Labute approximate surface area is 120 Å². The summed E-state index contributed by atoms with van der Waals surface area (Å²) in [7, 11) is 0. The molecule has 0 radical (unpaired) electrons. The van der Waals surface area contributed by atoms with Crippen molar-refractivity contribution in [2.45, 2.75) is 19.5 Å². The molecule has 0 fully saturated rings. The molecule has 1 heterocycles.